The van der Waals surface area contributed by atoms with E-state index in [2.05, 4.69) is 131 Å². The highest BCUT2D eigenvalue weighted by Gasteiger charge is 2.19. The molecule has 2 fully saturated rings. The average molecular weight is 725 g/mol. The SMILES string of the molecule is C.C#C.CC.CCCC(C)Cc1ccc(C(C)CCC(C/C=C\C=C(/CC)C(=O)C(C)c2ccc(N3CCNC3)cc2)=C2CCC2)cc1.CCCCC. The van der Waals surface area contributed by atoms with Crippen molar-refractivity contribution in [2.24, 2.45) is 5.92 Å². The first-order chi connectivity index (χ1) is 25.3. The lowest BCUT2D eigenvalue weighted by atomic mass is 9.83. The van der Waals surface area contributed by atoms with Crippen molar-refractivity contribution < 1.29 is 4.79 Å². The lowest BCUT2D eigenvalue weighted by Gasteiger charge is -2.23. The molecule has 0 radical (unpaired) electrons. The summed E-state index contributed by atoms with van der Waals surface area (Å²) in [6.07, 6.45) is 30.3. The molecule has 0 spiro atoms. The first kappa shape index (κ1) is 49.6. The van der Waals surface area contributed by atoms with E-state index in [9.17, 15) is 4.79 Å². The zero-order chi connectivity index (χ0) is 38.7. The third-order valence-electron chi connectivity index (χ3n) is 10.5. The fourth-order valence-corrected chi connectivity index (χ4v) is 6.92. The maximum Gasteiger partial charge on any atom is 0.166 e. The molecule has 2 aromatic carbocycles. The van der Waals surface area contributed by atoms with Crippen LogP contribution in [0.15, 0.2) is 83.5 Å². The van der Waals surface area contributed by atoms with E-state index >= 15 is 0 Å². The molecule has 3 unspecified atom stereocenters. The lowest BCUT2D eigenvalue weighted by molar-refractivity contribution is -0.116. The number of anilines is 1. The van der Waals surface area contributed by atoms with E-state index in [1.807, 2.05) is 20.8 Å². The first-order valence-corrected chi connectivity index (χ1v) is 20.9. The van der Waals surface area contributed by atoms with Gasteiger partial charge in [-0.1, -0.05) is 168 Å². The first-order valence-electron chi connectivity index (χ1n) is 20.9. The topological polar surface area (TPSA) is 32.3 Å². The number of hydrogen-bond acceptors (Lipinski definition) is 3. The summed E-state index contributed by atoms with van der Waals surface area (Å²) < 4.78 is 0. The molecule has 1 saturated heterocycles. The van der Waals surface area contributed by atoms with Gasteiger partial charge in [-0.25, -0.2) is 0 Å². The minimum Gasteiger partial charge on any atom is -0.357 e. The van der Waals surface area contributed by atoms with E-state index in [4.69, 9.17) is 0 Å². The van der Waals surface area contributed by atoms with Crippen molar-refractivity contribution in [2.45, 2.75) is 165 Å². The predicted octanol–water partition coefficient (Wildman–Crippen LogP) is 14.2. The van der Waals surface area contributed by atoms with Gasteiger partial charge in [0, 0.05) is 24.7 Å². The molecule has 3 heteroatoms. The van der Waals surface area contributed by atoms with Crippen LogP contribution in [0.2, 0.25) is 0 Å². The number of allylic oxidation sites excluding steroid dienone is 6. The van der Waals surface area contributed by atoms with Crippen molar-refractivity contribution in [3.05, 3.63) is 100 Å². The summed E-state index contributed by atoms with van der Waals surface area (Å²) in [7, 11) is 0. The summed E-state index contributed by atoms with van der Waals surface area (Å²) in [5.74, 6) is 1.43. The summed E-state index contributed by atoms with van der Waals surface area (Å²) in [5.41, 5.74) is 9.46. The Kier molecular flexibility index (Phi) is 28.1. The number of carbonyl (C=O) groups is 1. The monoisotopic (exact) mass is 725 g/mol. The molecule has 1 saturated carbocycles. The Morgan fingerprint density at radius 2 is 1.49 bits per heavy atom. The molecule has 1 aliphatic heterocycles. The van der Waals surface area contributed by atoms with Crippen LogP contribution in [0.4, 0.5) is 5.69 Å². The van der Waals surface area contributed by atoms with Crippen LogP contribution < -0.4 is 10.2 Å². The summed E-state index contributed by atoms with van der Waals surface area (Å²) in [4.78, 5) is 15.7. The second-order valence-electron chi connectivity index (χ2n) is 14.5. The van der Waals surface area contributed by atoms with Crippen LogP contribution in [0.5, 0.6) is 0 Å². The molecule has 1 N–H and O–H groups in total. The van der Waals surface area contributed by atoms with E-state index in [0.29, 0.717) is 5.92 Å². The van der Waals surface area contributed by atoms with Gasteiger partial charge >= 0.3 is 0 Å². The van der Waals surface area contributed by atoms with Crippen LogP contribution in [-0.4, -0.2) is 25.5 Å². The Morgan fingerprint density at radius 1 is 0.868 bits per heavy atom. The van der Waals surface area contributed by atoms with Crippen molar-refractivity contribution in [1.29, 1.82) is 0 Å². The zero-order valence-corrected chi connectivity index (χ0v) is 34.9. The van der Waals surface area contributed by atoms with Gasteiger partial charge in [0.25, 0.3) is 0 Å². The molecule has 1 aliphatic carbocycles. The van der Waals surface area contributed by atoms with Crippen LogP contribution in [0.25, 0.3) is 0 Å². The van der Waals surface area contributed by atoms with Crippen LogP contribution >= 0.6 is 0 Å². The Labute approximate surface area is 329 Å². The highest BCUT2D eigenvalue weighted by molar-refractivity contribution is 6.00. The van der Waals surface area contributed by atoms with Gasteiger partial charge in [-0.15, -0.1) is 12.8 Å². The number of carbonyl (C=O) groups excluding carboxylic acids is 1. The molecule has 0 amide bonds. The number of hydrogen-bond donors (Lipinski definition) is 1. The van der Waals surface area contributed by atoms with Crippen molar-refractivity contribution in [1.82, 2.24) is 5.32 Å². The third-order valence-corrected chi connectivity index (χ3v) is 10.5. The molecule has 0 aromatic heterocycles. The predicted molar refractivity (Wildman–Crippen MR) is 238 cm³/mol. The average Bonchev–Trinajstić information content (AvgIpc) is 3.70. The highest BCUT2D eigenvalue weighted by atomic mass is 16.1. The van der Waals surface area contributed by atoms with Crippen LogP contribution in [0.3, 0.4) is 0 Å². The Morgan fingerprint density at radius 3 is 1.98 bits per heavy atom. The molecular weight excluding hydrogens is 645 g/mol. The molecule has 2 aliphatic rings. The molecule has 296 valence electrons. The molecule has 4 rings (SSSR count). The van der Waals surface area contributed by atoms with E-state index in [1.54, 1.807) is 11.1 Å². The molecule has 53 heavy (non-hydrogen) atoms. The number of unbranched alkanes of at least 4 members (excludes halogenated alkanes) is 2. The second kappa shape index (κ2) is 30.0. The van der Waals surface area contributed by atoms with Gasteiger partial charge in [-0.2, -0.15) is 0 Å². The van der Waals surface area contributed by atoms with E-state index < -0.39 is 0 Å². The Hall–Kier alpha value is -3.35. The minimum absolute atomic E-state index is 0. The third kappa shape index (κ3) is 18.0. The molecule has 1 heterocycles. The smallest absolute Gasteiger partial charge is 0.166 e. The van der Waals surface area contributed by atoms with E-state index in [-0.39, 0.29) is 19.1 Å². The second-order valence-corrected chi connectivity index (χ2v) is 14.5. The van der Waals surface area contributed by atoms with Gasteiger partial charge in [0.05, 0.1) is 6.67 Å². The number of rotatable bonds is 18. The van der Waals surface area contributed by atoms with Crippen molar-refractivity contribution >= 4 is 11.5 Å². The molecule has 3 atom stereocenters. The molecular formula is C50H80N2O. The van der Waals surface area contributed by atoms with Gasteiger partial charge in [0.15, 0.2) is 5.78 Å². The Bertz CT molecular complexity index is 1330. The van der Waals surface area contributed by atoms with Crippen LogP contribution in [0, 0.1) is 18.8 Å². The normalized spacial score (nSPS) is 15.3. The van der Waals surface area contributed by atoms with Gasteiger partial charge in [0.1, 0.15) is 0 Å². The summed E-state index contributed by atoms with van der Waals surface area (Å²) in [6, 6.07) is 18.0. The van der Waals surface area contributed by atoms with Gasteiger partial charge in [-0.05, 0) is 97.6 Å². The van der Waals surface area contributed by atoms with Gasteiger partial charge in [0.2, 0.25) is 0 Å². The highest BCUT2D eigenvalue weighted by Crippen LogP contribution is 2.34. The van der Waals surface area contributed by atoms with E-state index in [0.717, 1.165) is 49.7 Å². The molecule has 2 aromatic rings. The van der Waals surface area contributed by atoms with Gasteiger partial charge in [-0.3, -0.25) is 10.1 Å². The summed E-state index contributed by atoms with van der Waals surface area (Å²) >= 11 is 0. The maximum atomic E-state index is 13.4. The number of nitrogens with zero attached hydrogens (tertiary/aromatic N) is 1. The number of terminal acetylenes is 1. The zero-order valence-electron chi connectivity index (χ0n) is 34.9. The fraction of sp³-hybridized carbons (Fsp3) is 0.580. The fourth-order valence-electron chi connectivity index (χ4n) is 6.92. The molecule has 0 bridgehead atoms. The Balaban J connectivity index is 0.00000246. The molecule has 3 nitrogen and oxygen atoms in total. The van der Waals surface area contributed by atoms with Crippen molar-refractivity contribution in [3.63, 3.8) is 0 Å². The minimum atomic E-state index is -0.131. The maximum absolute atomic E-state index is 13.4. The largest absolute Gasteiger partial charge is 0.357 e. The number of nitrogens with one attached hydrogen (secondary N) is 1. The van der Waals surface area contributed by atoms with Crippen molar-refractivity contribution in [2.75, 3.05) is 24.7 Å². The summed E-state index contributed by atoms with van der Waals surface area (Å²) in [6.45, 7) is 22.5. The van der Waals surface area contributed by atoms with Crippen LogP contribution in [-0.2, 0) is 11.2 Å². The number of ketones is 1. The summed E-state index contributed by atoms with van der Waals surface area (Å²) in [5, 5.41) is 3.38. The quantitative estimate of drug-likeness (QED) is 0.0719. The van der Waals surface area contributed by atoms with E-state index in [1.165, 1.54) is 87.4 Å². The number of Topliss-reactive ketones (excluding diaryl/α,β-unsaturated/α-hetero) is 1. The van der Waals surface area contributed by atoms with Crippen LogP contribution in [0.1, 0.15) is 175 Å². The standard InChI is InChI=1S/C40H56N2O.C5H12.C2H6.C2H2.CH4/c1-6-11-30(3)28-33-17-20-35(21-18-33)31(4)16-19-38(37-14-10-15-37)13-9-8-12-34(7-2)40(43)32(5)36-22-24-39(25-23-36)42-27-26-41-29-42;1-3-5-4-2;2*1-2;/h8-9,12,17-18,20-25,30-32,41H,6-7,10-11,13-16,19,26-29H2,1-5H3;3-5H2,1-2H3;1-2H3;1-2H;1H4/b9-8-,34-12+;;;;. The number of benzene rings is 2. The lowest BCUT2D eigenvalue weighted by Crippen LogP contribution is -2.21. The van der Waals surface area contributed by atoms with Gasteiger partial charge < -0.3 is 4.90 Å². The van der Waals surface area contributed by atoms with Crippen molar-refractivity contribution in [3.8, 4) is 12.8 Å².